The molecular weight excluding hydrogens is 512 g/mol. The van der Waals surface area contributed by atoms with Gasteiger partial charge in [0, 0.05) is 42.6 Å². The number of nitriles is 1. The molecule has 0 bridgehead atoms. The van der Waals surface area contributed by atoms with E-state index >= 15 is 0 Å². The van der Waals surface area contributed by atoms with E-state index in [-0.39, 0.29) is 30.5 Å². The minimum absolute atomic E-state index is 0. The smallest absolute Gasteiger partial charge is 0.194 e. The summed E-state index contributed by atoms with van der Waals surface area (Å²) in [5, 5.41) is 12.0. The first-order chi connectivity index (χ1) is 11.9. The molecule has 0 aliphatic carbocycles. The number of guanidine groups is 1. The van der Waals surface area contributed by atoms with Crippen molar-refractivity contribution in [2.45, 2.75) is 20.0 Å². The van der Waals surface area contributed by atoms with Gasteiger partial charge in [0.2, 0.25) is 0 Å². The van der Waals surface area contributed by atoms with Crippen molar-refractivity contribution in [2.24, 2.45) is 12.0 Å². The summed E-state index contributed by atoms with van der Waals surface area (Å²) >= 11 is 3.47. The van der Waals surface area contributed by atoms with Gasteiger partial charge in [-0.3, -0.25) is 0 Å². The summed E-state index contributed by atoms with van der Waals surface area (Å²) in [6.07, 6.45) is 2.00. The lowest BCUT2D eigenvalue weighted by atomic mass is 10.1. The van der Waals surface area contributed by atoms with Crippen molar-refractivity contribution in [3.05, 3.63) is 57.6 Å². The molecule has 0 atom stereocenters. The second kappa shape index (κ2) is 10.5. The monoisotopic (exact) mass is 533 g/mol. The standard InChI is InChI=1S/C18H21BrFN5.HI/c1-4-22-18(25(3)12-16-8-15(19)11-24(16)2)23-10-14-6-5-13(9-21)7-17(14)20;/h5-8,11H,4,10,12H2,1-3H3,(H,22,23);1H. The maximum absolute atomic E-state index is 14.0. The Hall–Kier alpha value is -1.60. The SMILES string of the molecule is CCNC(=NCc1ccc(C#N)cc1F)N(C)Cc1cc(Br)cn1C.I. The van der Waals surface area contributed by atoms with Gasteiger partial charge in [0.1, 0.15) is 5.82 Å². The van der Waals surface area contributed by atoms with Gasteiger partial charge in [-0.2, -0.15) is 5.26 Å². The van der Waals surface area contributed by atoms with Crippen molar-refractivity contribution in [2.75, 3.05) is 13.6 Å². The third kappa shape index (κ3) is 5.99. The Morgan fingerprint density at radius 3 is 2.69 bits per heavy atom. The Labute approximate surface area is 179 Å². The van der Waals surface area contributed by atoms with Gasteiger partial charge in [-0.25, -0.2) is 9.38 Å². The predicted octanol–water partition coefficient (Wildman–Crippen LogP) is 4.01. The molecule has 140 valence electrons. The van der Waals surface area contributed by atoms with Crippen molar-refractivity contribution in [3.63, 3.8) is 0 Å². The molecule has 8 heteroatoms. The first-order valence-corrected chi connectivity index (χ1v) is 8.72. The summed E-state index contributed by atoms with van der Waals surface area (Å²) in [5.41, 5.74) is 1.90. The summed E-state index contributed by atoms with van der Waals surface area (Å²) in [4.78, 5) is 6.51. The largest absolute Gasteiger partial charge is 0.357 e. The van der Waals surface area contributed by atoms with Gasteiger partial charge in [-0.1, -0.05) is 6.07 Å². The van der Waals surface area contributed by atoms with Gasteiger partial charge in [0.15, 0.2) is 5.96 Å². The molecular formula is C18H22BrFIN5. The number of nitrogens with one attached hydrogen (secondary N) is 1. The van der Waals surface area contributed by atoms with E-state index < -0.39 is 5.82 Å². The normalized spacial score (nSPS) is 10.8. The Kier molecular flexibility index (Phi) is 9.08. The topological polar surface area (TPSA) is 56.4 Å². The lowest BCUT2D eigenvalue weighted by molar-refractivity contribution is 0.461. The van der Waals surface area contributed by atoms with Gasteiger partial charge >= 0.3 is 0 Å². The summed E-state index contributed by atoms with van der Waals surface area (Å²) in [5.74, 6) is 0.288. The number of halogens is 3. The van der Waals surface area contributed by atoms with E-state index in [1.807, 2.05) is 42.8 Å². The van der Waals surface area contributed by atoms with Crippen LogP contribution in [0.2, 0.25) is 0 Å². The average Bonchev–Trinajstić information content (AvgIpc) is 2.89. The molecule has 0 saturated carbocycles. The van der Waals surface area contributed by atoms with Crippen LogP contribution in [0.5, 0.6) is 0 Å². The lowest BCUT2D eigenvalue weighted by Gasteiger charge is -2.22. The molecule has 1 N–H and O–H groups in total. The zero-order chi connectivity index (χ0) is 18.4. The zero-order valence-corrected chi connectivity index (χ0v) is 18.9. The number of aliphatic imine (C=N–C) groups is 1. The highest BCUT2D eigenvalue weighted by Gasteiger charge is 2.10. The van der Waals surface area contributed by atoms with E-state index in [1.165, 1.54) is 6.07 Å². The highest BCUT2D eigenvalue weighted by molar-refractivity contribution is 14.0. The third-order valence-electron chi connectivity index (χ3n) is 3.75. The lowest BCUT2D eigenvalue weighted by Crippen LogP contribution is -2.38. The Balaban J connectivity index is 0.00000338. The van der Waals surface area contributed by atoms with E-state index in [4.69, 9.17) is 5.26 Å². The number of hydrogen-bond acceptors (Lipinski definition) is 2. The second-order valence-corrected chi connectivity index (χ2v) is 6.62. The number of benzene rings is 1. The van der Waals surface area contributed by atoms with Gasteiger partial charge in [0.25, 0.3) is 0 Å². The fraction of sp³-hybridized carbons (Fsp3) is 0.333. The van der Waals surface area contributed by atoms with Crippen LogP contribution in [-0.4, -0.2) is 29.0 Å². The molecule has 0 fully saturated rings. The zero-order valence-electron chi connectivity index (χ0n) is 15.0. The first kappa shape index (κ1) is 22.4. The molecule has 5 nitrogen and oxygen atoms in total. The quantitative estimate of drug-likeness (QED) is 0.359. The van der Waals surface area contributed by atoms with Crippen molar-refractivity contribution in [1.82, 2.24) is 14.8 Å². The van der Waals surface area contributed by atoms with Crippen LogP contribution in [-0.2, 0) is 20.1 Å². The molecule has 0 radical (unpaired) electrons. The number of aryl methyl sites for hydroxylation is 1. The van der Waals surface area contributed by atoms with Crippen LogP contribution in [0.3, 0.4) is 0 Å². The van der Waals surface area contributed by atoms with Crippen molar-refractivity contribution < 1.29 is 4.39 Å². The van der Waals surface area contributed by atoms with Crippen LogP contribution < -0.4 is 5.32 Å². The third-order valence-corrected chi connectivity index (χ3v) is 4.19. The average molecular weight is 534 g/mol. The summed E-state index contributed by atoms with van der Waals surface area (Å²) < 4.78 is 17.1. The molecule has 2 rings (SSSR count). The van der Waals surface area contributed by atoms with Crippen molar-refractivity contribution >= 4 is 45.9 Å². The van der Waals surface area contributed by atoms with Crippen molar-refractivity contribution in [1.29, 1.82) is 5.26 Å². The van der Waals surface area contributed by atoms with E-state index in [0.29, 0.717) is 23.6 Å². The van der Waals surface area contributed by atoms with Gasteiger partial charge < -0.3 is 14.8 Å². The molecule has 0 amide bonds. The van der Waals surface area contributed by atoms with Crippen LogP contribution in [0.15, 0.2) is 39.9 Å². The van der Waals surface area contributed by atoms with Crippen LogP contribution in [0.1, 0.15) is 23.7 Å². The van der Waals surface area contributed by atoms with Crippen LogP contribution >= 0.6 is 39.9 Å². The van der Waals surface area contributed by atoms with Gasteiger partial charge in [-0.15, -0.1) is 24.0 Å². The maximum Gasteiger partial charge on any atom is 0.194 e. The molecule has 2 aromatic rings. The molecule has 0 aliphatic rings. The summed E-state index contributed by atoms with van der Waals surface area (Å²) in [6, 6.07) is 8.44. The minimum atomic E-state index is -0.410. The number of aromatic nitrogens is 1. The molecule has 1 aromatic carbocycles. The number of hydrogen-bond donors (Lipinski definition) is 1. The van der Waals surface area contributed by atoms with Crippen LogP contribution in [0.4, 0.5) is 4.39 Å². The fourth-order valence-corrected chi connectivity index (χ4v) is 2.99. The van der Waals surface area contributed by atoms with Gasteiger partial charge in [0.05, 0.1) is 24.7 Å². The van der Waals surface area contributed by atoms with E-state index in [0.717, 1.165) is 16.7 Å². The van der Waals surface area contributed by atoms with Crippen LogP contribution in [0, 0.1) is 17.1 Å². The molecule has 1 heterocycles. The molecule has 0 aliphatic heterocycles. The first-order valence-electron chi connectivity index (χ1n) is 7.93. The van der Waals surface area contributed by atoms with Gasteiger partial charge in [-0.05, 0) is 41.1 Å². The Bertz CT molecular complexity index is 812. The molecule has 0 saturated heterocycles. The molecule has 0 spiro atoms. The summed E-state index contributed by atoms with van der Waals surface area (Å²) in [6.45, 7) is 3.59. The second-order valence-electron chi connectivity index (χ2n) is 5.70. The highest BCUT2D eigenvalue weighted by atomic mass is 127. The molecule has 26 heavy (non-hydrogen) atoms. The molecule has 1 aromatic heterocycles. The highest BCUT2D eigenvalue weighted by Crippen LogP contribution is 2.15. The number of rotatable bonds is 5. The Morgan fingerprint density at radius 1 is 1.42 bits per heavy atom. The maximum atomic E-state index is 14.0. The van der Waals surface area contributed by atoms with E-state index in [9.17, 15) is 4.39 Å². The van der Waals surface area contributed by atoms with E-state index in [2.05, 4.69) is 32.3 Å². The molecule has 0 unspecified atom stereocenters. The van der Waals surface area contributed by atoms with Crippen molar-refractivity contribution in [3.8, 4) is 6.07 Å². The summed E-state index contributed by atoms with van der Waals surface area (Å²) in [7, 11) is 3.93. The Morgan fingerprint density at radius 2 is 2.15 bits per heavy atom. The van der Waals surface area contributed by atoms with E-state index in [1.54, 1.807) is 12.1 Å². The minimum Gasteiger partial charge on any atom is -0.357 e. The van der Waals surface area contributed by atoms with Crippen LogP contribution in [0.25, 0.3) is 0 Å². The predicted molar refractivity (Wildman–Crippen MR) is 116 cm³/mol. The fourth-order valence-electron chi connectivity index (χ4n) is 2.42. The number of nitrogens with zero attached hydrogens (tertiary/aromatic N) is 4.